The predicted octanol–water partition coefficient (Wildman–Crippen LogP) is 4.52. The molecule has 122 valence electrons. The smallest absolute Gasteiger partial charge is 0.311 e. The van der Waals surface area contributed by atoms with Gasteiger partial charge in [-0.05, 0) is 29.5 Å². The molecular weight excluding hydrogens is 280 g/mol. The summed E-state index contributed by atoms with van der Waals surface area (Å²) in [5, 5.41) is 0. The van der Waals surface area contributed by atoms with Crippen LogP contribution in [-0.2, 0) is 14.0 Å². The Bertz CT molecular complexity index is 383. The quantitative estimate of drug-likeness (QED) is 0.534. The van der Waals surface area contributed by atoms with Gasteiger partial charge in [-0.1, -0.05) is 48.0 Å². The minimum absolute atomic E-state index is 0.000579. The summed E-state index contributed by atoms with van der Waals surface area (Å²) in [6.45, 7) is 13.8. The average molecular weight is 313 g/mol. The van der Waals surface area contributed by atoms with Crippen molar-refractivity contribution in [3.63, 3.8) is 0 Å². The molecule has 0 saturated heterocycles. The van der Waals surface area contributed by atoms with Gasteiger partial charge in [0.05, 0.1) is 18.6 Å². The lowest BCUT2D eigenvalue weighted by molar-refractivity contribution is -0.144. The highest BCUT2D eigenvalue weighted by molar-refractivity contribution is 6.77. The minimum atomic E-state index is -1.93. The molecule has 2 saturated carbocycles. The number of hydrogen-bond acceptors (Lipinski definition) is 3. The van der Waals surface area contributed by atoms with Crippen LogP contribution in [0, 0.1) is 11.8 Å². The van der Waals surface area contributed by atoms with Crippen molar-refractivity contribution in [3.05, 3.63) is 0 Å². The average Bonchev–Trinajstić information content (AvgIpc) is 2.81. The Morgan fingerprint density at radius 3 is 2.05 bits per heavy atom. The van der Waals surface area contributed by atoms with Gasteiger partial charge >= 0.3 is 5.97 Å². The van der Waals surface area contributed by atoms with Crippen LogP contribution in [0.15, 0.2) is 0 Å². The van der Waals surface area contributed by atoms with E-state index in [4.69, 9.17) is 9.16 Å². The fraction of sp³-hybridized carbons (Fsp3) is 0.941. The summed E-state index contributed by atoms with van der Waals surface area (Å²) in [6.07, 6.45) is 3.35. The van der Waals surface area contributed by atoms with E-state index in [-0.39, 0.29) is 17.5 Å². The molecule has 3 atom stereocenters. The molecule has 0 aromatic carbocycles. The fourth-order valence-corrected chi connectivity index (χ4v) is 11.0. The second-order valence-electron chi connectivity index (χ2n) is 7.87. The first-order valence-electron chi connectivity index (χ1n) is 8.52. The molecule has 3 nitrogen and oxygen atoms in total. The minimum Gasteiger partial charge on any atom is -0.469 e. The lowest BCUT2D eigenvalue weighted by Gasteiger charge is -2.45. The summed E-state index contributed by atoms with van der Waals surface area (Å²) in [7, 11) is -0.429. The van der Waals surface area contributed by atoms with Gasteiger partial charge in [-0.3, -0.25) is 4.79 Å². The first kappa shape index (κ1) is 17.0. The molecule has 0 aromatic heterocycles. The van der Waals surface area contributed by atoms with Crippen LogP contribution >= 0.6 is 0 Å². The van der Waals surface area contributed by atoms with Crippen LogP contribution in [0.4, 0.5) is 0 Å². The van der Waals surface area contributed by atoms with Crippen LogP contribution in [0.2, 0.25) is 16.6 Å². The topological polar surface area (TPSA) is 35.5 Å². The van der Waals surface area contributed by atoms with E-state index in [2.05, 4.69) is 41.5 Å². The molecule has 0 bridgehead atoms. The molecule has 2 aliphatic rings. The van der Waals surface area contributed by atoms with Crippen LogP contribution in [0.1, 0.15) is 60.8 Å². The molecule has 4 heteroatoms. The van der Waals surface area contributed by atoms with Crippen molar-refractivity contribution in [2.24, 2.45) is 11.8 Å². The summed E-state index contributed by atoms with van der Waals surface area (Å²) < 4.78 is 12.0. The number of carbonyl (C=O) groups excluding carboxylic acids is 1. The van der Waals surface area contributed by atoms with Gasteiger partial charge in [0, 0.05) is 5.92 Å². The standard InChI is InChI=1S/C17H32O3Si/c1-11(2)21(12(3)4,13(5)6)20-17-10-8-9-14(17)15(17)16(18)19-7/h11-15H,8-10H2,1-7H3/t14-,15-,17+/m0/s1. The third kappa shape index (κ3) is 2.39. The maximum absolute atomic E-state index is 12.1. The fourth-order valence-electron chi connectivity index (χ4n) is 5.21. The third-order valence-corrected chi connectivity index (χ3v) is 12.2. The van der Waals surface area contributed by atoms with E-state index < -0.39 is 8.32 Å². The van der Waals surface area contributed by atoms with E-state index >= 15 is 0 Å². The molecule has 2 rings (SSSR count). The Morgan fingerprint density at radius 1 is 1.10 bits per heavy atom. The number of rotatable bonds is 6. The second kappa shape index (κ2) is 5.69. The molecule has 0 unspecified atom stereocenters. The van der Waals surface area contributed by atoms with Crippen molar-refractivity contribution in [2.75, 3.05) is 7.11 Å². The molecule has 0 heterocycles. The van der Waals surface area contributed by atoms with E-state index in [1.165, 1.54) is 13.5 Å². The van der Waals surface area contributed by atoms with E-state index in [0.29, 0.717) is 22.5 Å². The van der Waals surface area contributed by atoms with Gasteiger partial charge in [0.15, 0.2) is 0 Å². The normalized spacial score (nSPS) is 31.9. The summed E-state index contributed by atoms with van der Waals surface area (Å²) in [6, 6.07) is 0. The van der Waals surface area contributed by atoms with Gasteiger partial charge in [-0.25, -0.2) is 0 Å². The third-order valence-electron chi connectivity index (χ3n) is 6.06. The number of hydrogen-bond donors (Lipinski definition) is 0. The van der Waals surface area contributed by atoms with Crippen molar-refractivity contribution in [1.29, 1.82) is 0 Å². The zero-order valence-electron chi connectivity index (χ0n) is 14.7. The Labute approximate surface area is 130 Å². The Morgan fingerprint density at radius 2 is 1.62 bits per heavy atom. The molecule has 2 fully saturated rings. The molecule has 0 radical (unpaired) electrons. The first-order valence-corrected chi connectivity index (χ1v) is 10.7. The van der Waals surface area contributed by atoms with Crippen molar-refractivity contribution < 1.29 is 14.0 Å². The summed E-state index contributed by atoms with van der Waals surface area (Å²) >= 11 is 0. The van der Waals surface area contributed by atoms with Crippen molar-refractivity contribution in [2.45, 2.75) is 83.0 Å². The molecule has 0 amide bonds. The van der Waals surface area contributed by atoms with E-state index in [9.17, 15) is 4.79 Å². The van der Waals surface area contributed by atoms with Crippen LogP contribution in [-0.4, -0.2) is 27.0 Å². The van der Waals surface area contributed by atoms with Gasteiger partial charge in [0.1, 0.15) is 0 Å². The van der Waals surface area contributed by atoms with Crippen molar-refractivity contribution in [3.8, 4) is 0 Å². The molecule has 0 aromatic rings. The lowest BCUT2D eigenvalue weighted by atomic mass is 10.1. The number of esters is 1. The number of carbonyl (C=O) groups is 1. The first-order chi connectivity index (χ1) is 9.74. The van der Waals surface area contributed by atoms with E-state index in [1.807, 2.05) is 0 Å². The van der Waals surface area contributed by atoms with Crippen LogP contribution in [0.3, 0.4) is 0 Å². The van der Waals surface area contributed by atoms with E-state index in [1.54, 1.807) is 0 Å². The Kier molecular flexibility index (Phi) is 4.61. The molecule has 2 aliphatic carbocycles. The van der Waals surface area contributed by atoms with Crippen LogP contribution < -0.4 is 0 Å². The zero-order chi connectivity index (χ0) is 16.0. The number of ether oxygens (including phenoxy) is 1. The van der Waals surface area contributed by atoms with Gasteiger partial charge in [0.2, 0.25) is 8.32 Å². The van der Waals surface area contributed by atoms with Gasteiger partial charge in [-0.15, -0.1) is 0 Å². The second-order valence-corrected chi connectivity index (χ2v) is 13.2. The molecule has 21 heavy (non-hydrogen) atoms. The zero-order valence-corrected chi connectivity index (χ0v) is 15.7. The molecular formula is C17H32O3Si. The SMILES string of the molecule is COC(=O)[C@@H]1[C@@H]2CCC[C@]12O[Si](C(C)C)(C(C)C)C(C)C. The highest BCUT2D eigenvalue weighted by Gasteiger charge is 2.74. The highest BCUT2D eigenvalue weighted by atomic mass is 28.4. The molecule has 0 aliphatic heterocycles. The summed E-state index contributed by atoms with van der Waals surface area (Å²) in [5.74, 6) is 0.353. The maximum atomic E-state index is 12.1. The monoisotopic (exact) mass is 312 g/mol. The Balaban J connectivity index is 2.30. The molecule has 0 N–H and O–H groups in total. The van der Waals surface area contributed by atoms with Crippen molar-refractivity contribution in [1.82, 2.24) is 0 Å². The van der Waals surface area contributed by atoms with Gasteiger partial charge < -0.3 is 9.16 Å². The largest absolute Gasteiger partial charge is 0.469 e. The lowest BCUT2D eigenvalue weighted by Crippen LogP contribution is -2.51. The number of methoxy groups -OCH3 is 1. The van der Waals surface area contributed by atoms with Crippen LogP contribution in [0.25, 0.3) is 0 Å². The van der Waals surface area contributed by atoms with Crippen LogP contribution in [0.5, 0.6) is 0 Å². The maximum Gasteiger partial charge on any atom is 0.311 e. The number of fused-ring (bicyclic) bond motifs is 1. The van der Waals surface area contributed by atoms with Gasteiger partial charge in [-0.2, -0.15) is 0 Å². The van der Waals surface area contributed by atoms with Gasteiger partial charge in [0.25, 0.3) is 0 Å². The highest BCUT2D eigenvalue weighted by Crippen LogP contribution is 2.66. The Hall–Kier alpha value is -0.353. The van der Waals surface area contributed by atoms with Crippen molar-refractivity contribution >= 4 is 14.3 Å². The summed E-state index contributed by atoms with van der Waals surface area (Å²) in [5.41, 5.74) is 1.50. The van der Waals surface area contributed by atoms with E-state index in [0.717, 1.165) is 12.8 Å². The molecule has 0 spiro atoms. The summed E-state index contributed by atoms with van der Waals surface area (Å²) in [4.78, 5) is 12.1. The predicted molar refractivity (Wildman–Crippen MR) is 87.7 cm³/mol.